The number of nitrogens with zero attached hydrogens (tertiary/aromatic N) is 2. The number of nitrogens with one attached hydrogen (secondary N) is 1. The van der Waals surface area contributed by atoms with Gasteiger partial charge in [0.1, 0.15) is 17.6 Å². The highest BCUT2D eigenvalue weighted by Gasteiger charge is 2.06. The molecule has 0 saturated carbocycles. The summed E-state index contributed by atoms with van der Waals surface area (Å²) in [5.41, 5.74) is 1.28. The molecule has 0 fully saturated rings. The van der Waals surface area contributed by atoms with Gasteiger partial charge in [-0.05, 0) is 24.3 Å². The van der Waals surface area contributed by atoms with E-state index >= 15 is 0 Å². The van der Waals surface area contributed by atoms with Gasteiger partial charge in [-0.1, -0.05) is 0 Å². The minimum atomic E-state index is -0.148. The van der Waals surface area contributed by atoms with Crippen molar-refractivity contribution in [3.63, 3.8) is 0 Å². The monoisotopic (exact) mass is 215 g/mol. The van der Waals surface area contributed by atoms with E-state index in [0.29, 0.717) is 5.52 Å². The molecule has 1 aromatic carbocycles. The maximum Gasteiger partial charge on any atom is 0.275 e. The van der Waals surface area contributed by atoms with Crippen molar-refractivity contribution in [1.82, 2.24) is 14.6 Å². The zero-order chi connectivity index (χ0) is 11.1. The Hall–Kier alpha value is -2.30. The second kappa shape index (κ2) is 3.10. The fourth-order valence-corrected chi connectivity index (χ4v) is 1.81. The molecule has 80 valence electrons. The van der Waals surface area contributed by atoms with Crippen molar-refractivity contribution in [3.05, 3.63) is 40.9 Å². The van der Waals surface area contributed by atoms with E-state index in [0.717, 1.165) is 16.7 Å². The third kappa shape index (κ3) is 1.11. The maximum absolute atomic E-state index is 11.6. The molecule has 0 aliphatic rings. The van der Waals surface area contributed by atoms with E-state index < -0.39 is 0 Å². The van der Waals surface area contributed by atoms with Gasteiger partial charge in [-0.25, -0.2) is 4.52 Å². The number of methoxy groups -OCH3 is 1. The summed E-state index contributed by atoms with van der Waals surface area (Å²) in [6, 6.07) is 7.40. The summed E-state index contributed by atoms with van der Waals surface area (Å²) in [5, 5.41) is 5.04. The first-order valence-electron chi connectivity index (χ1n) is 4.83. The molecular weight excluding hydrogens is 206 g/mol. The molecule has 2 heterocycles. The summed E-state index contributed by atoms with van der Waals surface area (Å²) < 4.78 is 6.75. The smallest absolute Gasteiger partial charge is 0.275 e. The van der Waals surface area contributed by atoms with Crippen LogP contribution in [0.5, 0.6) is 5.75 Å². The molecule has 0 atom stereocenters. The lowest BCUT2D eigenvalue weighted by molar-refractivity contribution is 0.415. The average Bonchev–Trinajstić information content (AvgIpc) is 2.68. The maximum atomic E-state index is 11.6. The first-order chi connectivity index (χ1) is 7.79. The van der Waals surface area contributed by atoms with Gasteiger partial charge in [0.15, 0.2) is 0 Å². The van der Waals surface area contributed by atoms with Crippen LogP contribution in [0.25, 0.3) is 16.4 Å². The fourth-order valence-electron chi connectivity index (χ4n) is 1.81. The normalized spacial score (nSPS) is 11.1. The van der Waals surface area contributed by atoms with Crippen LogP contribution in [-0.2, 0) is 0 Å². The first kappa shape index (κ1) is 8.96. The molecule has 0 radical (unpaired) electrons. The highest BCUT2D eigenvalue weighted by molar-refractivity contribution is 5.87. The Labute approximate surface area is 90.3 Å². The summed E-state index contributed by atoms with van der Waals surface area (Å²) in [6.45, 7) is 0. The molecule has 0 unspecified atom stereocenters. The summed E-state index contributed by atoms with van der Waals surface area (Å²) >= 11 is 0. The minimum absolute atomic E-state index is 0.148. The number of fused-ring (bicyclic) bond motifs is 3. The van der Waals surface area contributed by atoms with Crippen LogP contribution >= 0.6 is 0 Å². The molecule has 0 amide bonds. The van der Waals surface area contributed by atoms with Gasteiger partial charge in [0.25, 0.3) is 5.56 Å². The zero-order valence-corrected chi connectivity index (χ0v) is 8.60. The SMILES string of the molecule is COc1ccc2c(c1)cc1c(=O)[nH]cnn12. The number of ether oxygens (including phenoxy) is 1. The quantitative estimate of drug-likeness (QED) is 0.663. The molecule has 5 heteroatoms. The molecule has 0 saturated heterocycles. The van der Waals surface area contributed by atoms with E-state index in [1.54, 1.807) is 17.7 Å². The van der Waals surface area contributed by atoms with Gasteiger partial charge in [-0.3, -0.25) is 4.79 Å². The van der Waals surface area contributed by atoms with Crippen molar-refractivity contribution in [2.24, 2.45) is 0 Å². The van der Waals surface area contributed by atoms with Crippen molar-refractivity contribution in [2.45, 2.75) is 0 Å². The number of hydrogen-bond acceptors (Lipinski definition) is 3. The lowest BCUT2D eigenvalue weighted by Gasteiger charge is -1.98. The van der Waals surface area contributed by atoms with Crippen LogP contribution in [0.4, 0.5) is 0 Å². The standard InChI is InChI=1S/C11H9N3O2/c1-16-8-2-3-9-7(4-8)5-10-11(15)12-6-13-14(9)10/h2-6H,1H3,(H,12,13,15). The van der Waals surface area contributed by atoms with E-state index in [4.69, 9.17) is 4.74 Å². The Morgan fingerprint density at radius 1 is 1.31 bits per heavy atom. The van der Waals surface area contributed by atoms with Crippen molar-refractivity contribution in [2.75, 3.05) is 7.11 Å². The second-order valence-corrected chi connectivity index (χ2v) is 3.48. The molecule has 0 aliphatic carbocycles. The lowest BCUT2D eigenvalue weighted by Crippen LogP contribution is -2.09. The van der Waals surface area contributed by atoms with Gasteiger partial charge in [0.05, 0.1) is 12.6 Å². The van der Waals surface area contributed by atoms with E-state index in [1.807, 2.05) is 18.2 Å². The number of hydrogen-bond donors (Lipinski definition) is 1. The Morgan fingerprint density at radius 3 is 3.00 bits per heavy atom. The van der Waals surface area contributed by atoms with Crippen LogP contribution < -0.4 is 10.3 Å². The lowest BCUT2D eigenvalue weighted by atomic mass is 10.2. The predicted octanol–water partition coefficient (Wildman–Crippen LogP) is 1.18. The summed E-state index contributed by atoms with van der Waals surface area (Å²) in [6.07, 6.45) is 1.39. The van der Waals surface area contributed by atoms with Crippen molar-refractivity contribution >= 4 is 16.4 Å². The fraction of sp³-hybridized carbons (Fsp3) is 0.0909. The van der Waals surface area contributed by atoms with Gasteiger partial charge in [-0.15, -0.1) is 0 Å². The minimum Gasteiger partial charge on any atom is -0.497 e. The first-order valence-corrected chi connectivity index (χ1v) is 4.83. The number of benzene rings is 1. The number of aromatic amines is 1. The van der Waals surface area contributed by atoms with Crippen molar-refractivity contribution in [3.8, 4) is 5.75 Å². The average molecular weight is 215 g/mol. The molecule has 0 bridgehead atoms. The molecule has 0 spiro atoms. The van der Waals surface area contributed by atoms with Crippen LogP contribution in [0.15, 0.2) is 35.4 Å². The number of rotatable bonds is 1. The van der Waals surface area contributed by atoms with Crippen LogP contribution in [0, 0.1) is 0 Å². The van der Waals surface area contributed by atoms with E-state index in [2.05, 4.69) is 10.1 Å². The Kier molecular flexibility index (Phi) is 1.73. The highest BCUT2D eigenvalue weighted by atomic mass is 16.5. The zero-order valence-electron chi connectivity index (χ0n) is 8.60. The highest BCUT2D eigenvalue weighted by Crippen LogP contribution is 2.22. The van der Waals surface area contributed by atoms with Gasteiger partial charge in [0.2, 0.25) is 0 Å². The molecular formula is C11H9N3O2. The second-order valence-electron chi connectivity index (χ2n) is 3.48. The third-order valence-electron chi connectivity index (χ3n) is 2.58. The summed E-state index contributed by atoms with van der Waals surface area (Å²) in [4.78, 5) is 14.1. The molecule has 2 aromatic heterocycles. The van der Waals surface area contributed by atoms with E-state index in [9.17, 15) is 4.79 Å². The largest absolute Gasteiger partial charge is 0.497 e. The van der Waals surface area contributed by atoms with Gasteiger partial charge < -0.3 is 9.72 Å². The Balaban J connectivity index is 2.50. The number of H-pyrrole nitrogens is 1. The molecule has 0 aliphatic heterocycles. The Bertz CT molecular complexity index is 727. The van der Waals surface area contributed by atoms with Crippen molar-refractivity contribution < 1.29 is 4.74 Å². The molecule has 16 heavy (non-hydrogen) atoms. The summed E-state index contributed by atoms with van der Waals surface area (Å²) in [5.74, 6) is 0.764. The molecule has 3 rings (SSSR count). The van der Waals surface area contributed by atoms with Crippen LogP contribution in [0.1, 0.15) is 0 Å². The Morgan fingerprint density at radius 2 is 2.19 bits per heavy atom. The van der Waals surface area contributed by atoms with E-state index in [-0.39, 0.29) is 5.56 Å². The van der Waals surface area contributed by atoms with Gasteiger partial charge in [0, 0.05) is 5.39 Å². The molecule has 3 aromatic rings. The van der Waals surface area contributed by atoms with Crippen LogP contribution in [0.2, 0.25) is 0 Å². The molecule has 1 N–H and O–H groups in total. The topological polar surface area (TPSA) is 59.4 Å². The van der Waals surface area contributed by atoms with Gasteiger partial charge >= 0.3 is 0 Å². The predicted molar refractivity (Wildman–Crippen MR) is 59.9 cm³/mol. The van der Waals surface area contributed by atoms with Crippen LogP contribution in [-0.4, -0.2) is 21.7 Å². The van der Waals surface area contributed by atoms with E-state index in [1.165, 1.54) is 6.33 Å². The molecule has 5 nitrogen and oxygen atoms in total. The third-order valence-corrected chi connectivity index (χ3v) is 2.58. The summed E-state index contributed by atoms with van der Waals surface area (Å²) in [7, 11) is 1.61. The van der Waals surface area contributed by atoms with Crippen LogP contribution in [0.3, 0.4) is 0 Å². The number of aromatic nitrogens is 3. The van der Waals surface area contributed by atoms with Gasteiger partial charge in [-0.2, -0.15) is 5.10 Å². The van der Waals surface area contributed by atoms with Crippen molar-refractivity contribution in [1.29, 1.82) is 0 Å².